The van der Waals surface area contributed by atoms with E-state index in [4.69, 9.17) is 0 Å². The number of halogens is 2. The Morgan fingerprint density at radius 1 is 1.42 bits per heavy atom. The highest BCUT2D eigenvalue weighted by Gasteiger charge is 2.16. The number of piperidine rings is 1. The van der Waals surface area contributed by atoms with E-state index < -0.39 is 0 Å². The molecule has 1 N–H and O–H groups in total. The predicted molar refractivity (Wildman–Crippen MR) is 80.7 cm³/mol. The van der Waals surface area contributed by atoms with Crippen LogP contribution in [0, 0.1) is 5.82 Å². The Kier molecular flexibility index (Phi) is 5.79. The van der Waals surface area contributed by atoms with Crippen molar-refractivity contribution < 1.29 is 4.39 Å². The average Bonchev–Trinajstić information content (AvgIpc) is 2.43. The number of nitrogens with zero attached hydrogens (tertiary/aromatic N) is 1. The minimum Gasteiger partial charge on any atom is -0.313 e. The molecule has 4 heteroatoms. The molecule has 1 heterocycles. The van der Waals surface area contributed by atoms with Crippen LogP contribution < -0.4 is 5.32 Å². The Bertz CT molecular complexity index is 405. The lowest BCUT2D eigenvalue weighted by Crippen LogP contribution is -2.43. The summed E-state index contributed by atoms with van der Waals surface area (Å²) in [6, 6.07) is 6.00. The van der Waals surface area contributed by atoms with Crippen LogP contribution in [-0.4, -0.2) is 30.6 Å². The van der Waals surface area contributed by atoms with Gasteiger partial charge in [-0.2, -0.15) is 0 Å². The van der Waals surface area contributed by atoms with Crippen LogP contribution >= 0.6 is 15.9 Å². The van der Waals surface area contributed by atoms with Gasteiger partial charge in [0.25, 0.3) is 0 Å². The number of nitrogens with one attached hydrogen (secondary N) is 1. The molecule has 0 bridgehead atoms. The third kappa shape index (κ3) is 4.55. The van der Waals surface area contributed by atoms with E-state index in [1.807, 2.05) is 6.07 Å². The summed E-state index contributed by atoms with van der Waals surface area (Å²) in [6.45, 7) is 6.16. The minimum atomic E-state index is -0.177. The van der Waals surface area contributed by atoms with Gasteiger partial charge in [0.2, 0.25) is 0 Å². The number of hydrogen-bond acceptors (Lipinski definition) is 2. The van der Waals surface area contributed by atoms with E-state index in [-0.39, 0.29) is 5.82 Å². The number of likely N-dealkylation sites (N-methyl/N-ethyl adjacent to an activating group) is 1. The number of benzene rings is 1. The molecule has 0 spiro atoms. The van der Waals surface area contributed by atoms with E-state index in [0.29, 0.717) is 10.5 Å². The molecule has 1 aromatic rings. The highest BCUT2D eigenvalue weighted by Crippen LogP contribution is 2.18. The van der Waals surface area contributed by atoms with Crippen LogP contribution in [-0.2, 0) is 6.54 Å². The summed E-state index contributed by atoms with van der Waals surface area (Å²) in [7, 11) is 0. The highest BCUT2D eigenvalue weighted by atomic mass is 79.9. The van der Waals surface area contributed by atoms with Crippen molar-refractivity contribution in [3.63, 3.8) is 0 Å². The first-order valence-electron chi connectivity index (χ1n) is 7.08. The number of hydrogen-bond donors (Lipinski definition) is 1. The summed E-state index contributed by atoms with van der Waals surface area (Å²) in [5.41, 5.74) is 1.04. The highest BCUT2D eigenvalue weighted by molar-refractivity contribution is 9.10. The maximum atomic E-state index is 13.5. The molecular formula is C15H22BrFN2. The first-order chi connectivity index (χ1) is 9.19. The van der Waals surface area contributed by atoms with Crippen LogP contribution in [0.1, 0.15) is 31.7 Å². The molecule has 1 unspecified atom stereocenters. The van der Waals surface area contributed by atoms with E-state index >= 15 is 0 Å². The molecular weight excluding hydrogens is 307 g/mol. The molecule has 1 aromatic carbocycles. The van der Waals surface area contributed by atoms with Gasteiger partial charge in [0.05, 0.1) is 4.47 Å². The molecule has 2 rings (SSSR count). The third-order valence-corrected chi connectivity index (χ3v) is 4.37. The zero-order valence-electron chi connectivity index (χ0n) is 11.5. The van der Waals surface area contributed by atoms with E-state index in [2.05, 4.69) is 33.1 Å². The molecule has 19 heavy (non-hydrogen) atoms. The van der Waals surface area contributed by atoms with Crippen molar-refractivity contribution in [1.29, 1.82) is 0 Å². The quantitative estimate of drug-likeness (QED) is 0.889. The number of rotatable bonds is 5. The lowest BCUT2D eigenvalue weighted by atomic mass is 10.0. The molecule has 0 aromatic heterocycles. The maximum absolute atomic E-state index is 13.5. The van der Waals surface area contributed by atoms with Crippen molar-refractivity contribution in [2.75, 3.05) is 19.6 Å². The summed E-state index contributed by atoms with van der Waals surface area (Å²) in [5.74, 6) is -0.177. The molecule has 2 nitrogen and oxygen atoms in total. The average molecular weight is 329 g/mol. The minimum absolute atomic E-state index is 0.177. The van der Waals surface area contributed by atoms with Gasteiger partial charge in [-0.1, -0.05) is 19.4 Å². The summed E-state index contributed by atoms with van der Waals surface area (Å²) >= 11 is 3.19. The fraction of sp³-hybridized carbons (Fsp3) is 0.600. The van der Waals surface area contributed by atoms with E-state index in [9.17, 15) is 4.39 Å². The normalized spacial score (nSPS) is 19.9. The topological polar surface area (TPSA) is 15.3 Å². The third-order valence-electron chi connectivity index (χ3n) is 3.73. The molecule has 1 aliphatic heterocycles. The smallest absolute Gasteiger partial charge is 0.137 e. The first-order valence-corrected chi connectivity index (χ1v) is 7.88. The molecule has 106 valence electrons. The first kappa shape index (κ1) is 14.9. The zero-order chi connectivity index (χ0) is 13.7. The maximum Gasteiger partial charge on any atom is 0.137 e. The summed E-state index contributed by atoms with van der Waals surface area (Å²) in [4.78, 5) is 2.38. The van der Waals surface area contributed by atoms with Crippen LogP contribution in [0.3, 0.4) is 0 Å². The molecule has 1 atom stereocenters. The van der Waals surface area contributed by atoms with Gasteiger partial charge >= 0.3 is 0 Å². The Hall–Kier alpha value is -0.450. The standard InChI is InChI=1S/C15H22BrFN2/c1-2-19(11-13-5-3-4-8-18-13)10-12-6-7-14(16)15(17)9-12/h6-7,9,13,18H,2-5,8,10-11H2,1H3. The second-order valence-electron chi connectivity index (χ2n) is 5.22. The van der Waals surface area contributed by atoms with Crippen molar-refractivity contribution in [1.82, 2.24) is 10.2 Å². The second-order valence-corrected chi connectivity index (χ2v) is 6.08. The summed E-state index contributed by atoms with van der Waals surface area (Å²) in [5, 5.41) is 3.57. The van der Waals surface area contributed by atoms with Gasteiger partial charge in [-0.25, -0.2) is 4.39 Å². The Labute approximate surface area is 123 Å². The van der Waals surface area contributed by atoms with Crippen molar-refractivity contribution in [2.24, 2.45) is 0 Å². The molecule has 0 radical (unpaired) electrons. The van der Waals surface area contributed by atoms with Crippen LogP contribution in [0.4, 0.5) is 4.39 Å². The lowest BCUT2D eigenvalue weighted by Gasteiger charge is -2.30. The van der Waals surface area contributed by atoms with E-state index in [1.165, 1.54) is 19.3 Å². The molecule has 1 aliphatic rings. The van der Waals surface area contributed by atoms with Gasteiger partial charge in [0, 0.05) is 19.1 Å². The molecule has 0 amide bonds. The fourth-order valence-electron chi connectivity index (χ4n) is 2.59. The fourth-order valence-corrected chi connectivity index (χ4v) is 2.84. The Morgan fingerprint density at radius 3 is 2.89 bits per heavy atom. The monoisotopic (exact) mass is 328 g/mol. The zero-order valence-corrected chi connectivity index (χ0v) is 13.0. The van der Waals surface area contributed by atoms with Gasteiger partial charge in [0.1, 0.15) is 5.82 Å². The molecule has 1 saturated heterocycles. The van der Waals surface area contributed by atoms with E-state index in [0.717, 1.165) is 31.7 Å². The Balaban J connectivity index is 1.92. The van der Waals surface area contributed by atoms with Crippen LogP contribution in [0.15, 0.2) is 22.7 Å². The van der Waals surface area contributed by atoms with E-state index in [1.54, 1.807) is 12.1 Å². The van der Waals surface area contributed by atoms with Gasteiger partial charge in [-0.3, -0.25) is 4.90 Å². The summed E-state index contributed by atoms with van der Waals surface area (Å²) < 4.78 is 14.0. The SMILES string of the molecule is CCN(Cc1ccc(Br)c(F)c1)CC1CCCCN1. The molecule has 0 saturated carbocycles. The van der Waals surface area contributed by atoms with Crippen LogP contribution in [0.25, 0.3) is 0 Å². The van der Waals surface area contributed by atoms with Gasteiger partial charge in [-0.05, 0) is 59.6 Å². The summed E-state index contributed by atoms with van der Waals surface area (Å²) in [6.07, 6.45) is 3.87. The Morgan fingerprint density at radius 2 is 2.26 bits per heavy atom. The molecule has 1 fully saturated rings. The lowest BCUT2D eigenvalue weighted by molar-refractivity contribution is 0.226. The van der Waals surface area contributed by atoms with Crippen LogP contribution in [0.5, 0.6) is 0 Å². The van der Waals surface area contributed by atoms with Crippen molar-refractivity contribution in [3.8, 4) is 0 Å². The van der Waals surface area contributed by atoms with Gasteiger partial charge < -0.3 is 5.32 Å². The predicted octanol–water partition coefficient (Wildman–Crippen LogP) is 3.55. The van der Waals surface area contributed by atoms with Crippen molar-refractivity contribution in [3.05, 3.63) is 34.1 Å². The second kappa shape index (κ2) is 7.36. The van der Waals surface area contributed by atoms with Crippen molar-refractivity contribution in [2.45, 2.75) is 38.8 Å². The van der Waals surface area contributed by atoms with Gasteiger partial charge in [0.15, 0.2) is 0 Å². The van der Waals surface area contributed by atoms with Crippen LogP contribution in [0.2, 0.25) is 0 Å². The van der Waals surface area contributed by atoms with Gasteiger partial charge in [-0.15, -0.1) is 0 Å². The molecule has 0 aliphatic carbocycles. The largest absolute Gasteiger partial charge is 0.313 e. The van der Waals surface area contributed by atoms with Crippen molar-refractivity contribution >= 4 is 15.9 Å².